The van der Waals surface area contributed by atoms with Gasteiger partial charge in [-0.15, -0.1) is 11.3 Å². The number of hydrogen-bond acceptors (Lipinski definition) is 3. The molecule has 1 aromatic carbocycles. The highest BCUT2D eigenvalue weighted by Crippen LogP contribution is 2.40. The highest BCUT2D eigenvalue weighted by Gasteiger charge is 2.28. The highest BCUT2D eigenvalue weighted by atomic mass is 32.1. The monoisotopic (exact) mass is 364 g/mol. The smallest absolute Gasteiger partial charge is 0.119 e. The number of ether oxygens (including phenoxy) is 1. The first-order chi connectivity index (χ1) is 12.8. The Morgan fingerprint density at radius 1 is 1.12 bits per heavy atom. The van der Waals surface area contributed by atoms with Gasteiger partial charge in [0, 0.05) is 28.9 Å². The van der Waals surface area contributed by atoms with E-state index in [0.717, 1.165) is 12.3 Å². The number of hydrogen-bond donors (Lipinski definition) is 1. The largest absolute Gasteiger partial charge is 0.494 e. The molecule has 3 nitrogen and oxygen atoms in total. The van der Waals surface area contributed by atoms with Crippen LogP contribution in [0.25, 0.3) is 5.00 Å². The van der Waals surface area contributed by atoms with E-state index in [-0.39, 0.29) is 6.04 Å². The van der Waals surface area contributed by atoms with E-state index in [4.69, 9.17) is 4.74 Å². The SMILES string of the molecule is CCOc1ccc(C2NCc3c(sc4c3CCCC4)-n3cccc32)cc1. The van der Waals surface area contributed by atoms with Crippen molar-refractivity contribution >= 4 is 11.3 Å². The van der Waals surface area contributed by atoms with Crippen molar-refractivity contribution in [3.05, 3.63) is 69.9 Å². The summed E-state index contributed by atoms with van der Waals surface area (Å²) in [4.78, 5) is 1.61. The van der Waals surface area contributed by atoms with Crippen LogP contribution in [-0.2, 0) is 19.4 Å². The molecule has 1 unspecified atom stereocenters. The molecule has 0 radical (unpaired) electrons. The Bertz CT molecular complexity index is 922. The molecule has 26 heavy (non-hydrogen) atoms. The first-order valence-electron chi connectivity index (χ1n) is 9.62. The second-order valence-corrected chi connectivity index (χ2v) is 8.20. The van der Waals surface area contributed by atoms with Crippen molar-refractivity contribution in [2.24, 2.45) is 0 Å². The lowest BCUT2D eigenvalue weighted by Crippen LogP contribution is -2.21. The molecule has 1 aliphatic heterocycles. The molecular formula is C22H24N2OS. The molecule has 1 N–H and O–H groups in total. The van der Waals surface area contributed by atoms with Crippen LogP contribution in [0.15, 0.2) is 42.6 Å². The van der Waals surface area contributed by atoms with Crippen LogP contribution in [0.2, 0.25) is 0 Å². The van der Waals surface area contributed by atoms with Gasteiger partial charge in [-0.2, -0.15) is 0 Å². The van der Waals surface area contributed by atoms with Gasteiger partial charge in [-0.1, -0.05) is 12.1 Å². The van der Waals surface area contributed by atoms with Gasteiger partial charge in [-0.3, -0.25) is 0 Å². The summed E-state index contributed by atoms with van der Waals surface area (Å²) in [5.74, 6) is 0.938. The molecule has 0 spiro atoms. The van der Waals surface area contributed by atoms with Gasteiger partial charge in [-0.05, 0) is 68.0 Å². The van der Waals surface area contributed by atoms with E-state index >= 15 is 0 Å². The molecule has 0 bridgehead atoms. The average Bonchev–Trinajstić information content (AvgIpc) is 3.25. The van der Waals surface area contributed by atoms with Crippen LogP contribution >= 0.6 is 11.3 Å². The molecule has 0 fully saturated rings. The van der Waals surface area contributed by atoms with Crippen molar-refractivity contribution < 1.29 is 4.74 Å². The second-order valence-electron chi connectivity index (χ2n) is 7.11. The van der Waals surface area contributed by atoms with E-state index in [1.165, 1.54) is 47.5 Å². The van der Waals surface area contributed by atoms with E-state index in [9.17, 15) is 0 Å². The van der Waals surface area contributed by atoms with E-state index in [0.29, 0.717) is 6.61 Å². The van der Waals surface area contributed by atoms with Crippen LogP contribution < -0.4 is 10.1 Å². The normalized spacial score (nSPS) is 18.6. The first-order valence-corrected chi connectivity index (χ1v) is 10.4. The van der Waals surface area contributed by atoms with E-state index in [2.05, 4.69) is 52.5 Å². The average molecular weight is 365 g/mol. The number of aryl methyl sites for hydroxylation is 1. The molecule has 1 atom stereocenters. The zero-order chi connectivity index (χ0) is 17.5. The molecule has 134 valence electrons. The Balaban J connectivity index is 1.55. The van der Waals surface area contributed by atoms with Crippen molar-refractivity contribution in [1.29, 1.82) is 0 Å². The lowest BCUT2D eigenvalue weighted by Gasteiger charge is -2.19. The van der Waals surface area contributed by atoms with Crippen LogP contribution in [0.4, 0.5) is 0 Å². The third kappa shape index (κ3) is 2.60. The van der Waals surface area contributed by atoms with Crippen molar-refractivity contribution in [2.75, 3.05) is 6.61 Å². The number of nitrogens with one attached hydrogen (secondary N) is 1. The molecule has 4 heteroatoms. The third-order valence-electron chi connectivity index (χ3n) is 5.56. The maximum atomic E-state index is 5.60. The van der Waals surface area contributed by atoms with E-state index < -0.39 is 0 Å². The molecule has 2 aliphatic rings. The number of nitrogens with zero attached hydrogens (tertiary/aromatic N) is 1. The van der Waals surface area contributed by atoms with Crippen LogP contribution in [0.1, 0.15) is 53.1 Å². The predicted octanol–water partition coefficient (Wildman–Crippen LogP) is 5.01. The molecule has 0 saturated carbocycles. The molecule has 5 rings (SSSR count). The number of rotatable bonds is 3. The highest BCUT2D eigenvalue weighted by molar-refractivity contribution is 7.15. The van der Waals surface area contributed by atoms with Gasteiger partial charge >= 0.3 is 0 Å². The molecule has 1 aliphatic carbocycles. The molecule has 2 aromatic heterocycles. The Labute approximate surface area is 158 Å². The lowest BCUT2D eigenvalue weighted by molar-refractivity contribution is 0.340. The quantitative estimate of drug-likeness (QED) is 0.707. The standard InChI is InChI=1S/C22H24N2OS/c1-2-25-16-11-9-15(10-12-16)21-19-7-5-13-24(19)22-18(14-23-21)17-6-3-4-8-20(17)26-22/h5,7,9-13,21,23H,2-4,6,8,14H2,1H3. The maximum Gasteiger partial charge on any atom is 0.119 e. The van der Waals surface area contributed by atoms with Gasteiger partial charge in [0.15, 0.2) is 0 Å². The molecule has 0 amide bonds. The molecular weight excluding hydrogens is 340 g/mol. The number of aromatic nitrogens is 1. The van der Waals surface area contributed by atoms with Gasteiger partial charge in [0.1, 0.15) is 10.8 Å². The zero-order valence-corrected chi connectivity index (χ0v) is 15.9. The predicted molar refractivity (Wildman–Crippen MR) is 107 cm³/mol. The van der Waals surface area contributed by atoms with Gasteiger partial charge in [0.25, 0.3) is 0 Å². The minimum atomic E-state index is 0.208. The Hall–Kier alpha value is -2.04. The maximum absolute atomic E-state index is 5.60. The number of fused-ring (bicyclic) bond motifs is 5. The Kier molecular flexibility index (Phi) is 4.10. The Morgan fingerprint density at radius 2 is 1.96 bits per heavy atom. The minimum Gasteiger partial charge on any atom is -0.494 e. The summed E-state index contributed by atoms with van der Waals surface area (Å²) >= 11 is 2.01. The molecule has 3 aromatic rings. The van der Waals surface area contributed by atoms with Crippen molar-refractivity contribution in [3.8, 4) is 10.8 Å². The van der Waals surface area contributed by atoms with Gasteiger partial charge in [-0.25, -0.2) is 0 Å². The summed E-state index contributed by atoms with van der Waals surface area (Å²) in [7, 11) is 0. The van der Waals surface area contributed by atoms with E-state index in [1.54, 1.807) is 10.4 Å². The summed E-state index contributed by atoms with van der Waals surface area (Å²) in [6.45, 7) is 3.67. The number of thiophene rings is 1. The topological polar surface area (TPSA) is 26.2 Å². The fourth-order valence-electron chi connectivity index (χ4n) is 4.33. The summed E-state index contributed by atoms with van der Waals surface area (Å²) in [6.07, 6.45) is 7.40. The number of benzene rings is 1. The van der Waals surface area contributed by atoms with E-state index in [1.807, 2.05) is 18.3 Å². The molecule has 0 saturated heterocycles. The Morgan fingerprint density at radius 3 is 2.81 bits per heavy atom. The van der Waals surface area contributed by atoms with Gasteiger partial charge in [0.05, 0.1) is 12.6 Å². The van der Waals surface area contributed by atoms with Crippen LogP contribution in [0.3, 0.4) is 0 Å². The minimum absolute atomic E-state index is 0.208. The van der Waals surface area contributed by atoms with Crippen LogP contribution in [-0.4, -0.2) is 11.2 Å². The van der Waals surface area contributed by atoms with Crippen LogP contribution in [0.5, 0.6) is 5.75 Å². The van der Waals surface area contributed by atoms with Crippen molar-refractivity contribution in [3.63, 3.8) is 0 Å². The van der Waals surface area contributed by atoms with Crippen molar-refractivity contribution in [1.82, 2.24) is 9.88 Å². The second kappa shape index (κ2) is 6.60. The molecule has 3 heterocycles. The summed E-state index contributed by atoms with van der Waals surface area (Å²) in [5.41, 5.74) is 5.76. The first kappa shape index (κ1) is 16.2. The summed E-state index contributed by atoms with van der Waals surface area (Å²) in [6, 6.07) is 13.2. The fourth-order valence-corrected chi connectivity index (χ4v) is 5.74. The van der Waals surface area contributed by atoms with Crippen molar-refractivity contribution in [2.45, 2.75) is 45.2 Å². The summed E-state index contributed by atoms with van der Waals surface area (Å²) < 4.78 is 8.02. The lowest BCUT2D eigenvalue weighted by atomic mass is 9.95. The summed E-state index contributed by atoms with van der Waals surface area (Å²) in [5, 5.41) is 5.26. The third-order valence-corrected chi connectivity index (χ3v) is 6.90. The fraction of sp³-hybridized carbons (Fsp3) is 0.364. The van der Waals surface area contributed by atoms with Gasteiger partial charge < -0.3 is 14.6 Å². The zero-order valence-electron chi connectivity index (χ0n) is 15.1. The van der Waals surface area contributed by atoms with Crippen LogP contribution in [0, 0.1) is 0 Å². The van der Waals surface area contributed by atoms with Gasteiger partial charge in [0.2, 0.25) is 0 Å².